The minimum absolute atomic E-state index is 0.258. The van der Waals surface area contributed by atoms with Gasteiger partial charge in [-0.2, -0.15) is 5.10 Å². The largest absolute Gasteiger partial charge is 0.340 e. The van der Waals surface area contributed by atoms with Crippen LogP contribution in [0.4, 0.5) is 20.3 Å². The quantitative estimate of drug-likeness (QED) is 0.728. The van der Waals surface area contributed by atoms with E-state index in [9.17, 15) is 13.6 Å². The Morgan fingerprint density at radius 2 is 1.96 bits per heavy atom. The van der Waals surface area contributed by atoms with Crippen molar-refractivity contribution in [3.05, 3.63) is 53.4 Å². The van der Waals surface area contributed by atoms with Gasteiger partial charge in [0, 0.05) is 23.5 Å². The summed E-state index contributed by atoms with van der Waals surface area (Å²) in [6.45, 7) is 0. The van der Waals surface area contributed by atoms with Gasteiger partial charge in [0.1, 0.15) is 17.5 Å². The van der Waals surface area contributed by atoms with E-state index in [2.05, 4.69) is 15.4 Å². The predicted molar refractivity (Wildman–Crippen MR) is 84.4 cm³/mol. The van der Waals surface area contributed by atoms with Crippen molar-refractivity contribution in [3.63, 3.8) is 0 Å². The second-order valence-corrected chi connectivity index (χ2v) is 6.02. The number of rotatable bonds is 5. The van der Waals surface area contributed by atoms with Gasteiger partial charge in [0.15, 0.2) is 11.9 Å². The number of hydrogen-bond donors (Lipinski definition) is 1. The van der Waals surface area contributed by atoms with Gasteiger partial charge in [-0.3, -0.25) is 4.79 Å². The Morgan fingerprint density at radius 3 is 2.62 bits per heavy atom. The predicted octanol–water partition coefficient (Wildman–Crippen LogP) is 3.52. The second-order valence-electron chi connectivity index (χ2n) is 6.02. The number of halogens is 2. The summed E-state index contributed by atoms with van der Waals surface area (Å²) in [5, 5.41) is 7.13. The number of carbonyl (C=O) groups excluding carboxylic acids is 1. The van der Waals surface area contributed by atoms with Crippen LogP contribution in [0.15, 0.2) is 30.5 Å². The molecule has 122 valence electrons. The molecule has 3 aromatic rings. The molecule has 0 spiro atoms. The van der Waals surface area contributed by atoms with Gasteiger partial charge >= 0.3 is 0 Å². The smallest absolute Gasteiger partial charge is 0.168 e. The van der Waals surface area contributed by atoms with Crippen LogP contribution in [0.25, 0.3) is 5.65 Å². The van der Waals surface area contributed by atoms with Crippen LogP contribution in [0.2, 0.25) is 0 Å². The van der Waals surface area contributed by atoms with Crippen molar-refractivity contribution < 1.29 is 13.6 Å². The number of fused-ring (bicyclic) bond motifs is 1. The van der Waals surface area contributed by atoms with E-state index in [-0.39, 0.29) is 5.69 Å². The van der Waals surface area contributed by atoms with Crippen LogP contribution < -0.4 is 5.32 Å². The summed E-state index contributed by atoms with van der Waals surface area (Å²) in [7, 11) is 0. The van der Waals surface area contributed by atoms with Crippen LogP contribution in [-0.2, 0) is 6.42 Å². The number of carbonyl (C=O) groups is 1. The zero-order valence-corrected chi connectivity index (χ0v) is 12.7. The normalized spacial score (nSPS) is 14.1. The van der Waals surface area contributed by atoms with E-state index >= 15 is 0 Å². The maximum atomic E-state index is 13.4. The van der Waals surface area contributed by atoms with E-state index in [1.807, 2.05) is 0 Å². The number of hydrogen-bond acceptors (Lipinski definition) is 4. The topological polar surface area (TPSA) is 59.3 Å². The van der Waals surface area contributed by atoms with Crippen molar-refractivity contribution >= 4 is 23.4 Å². The number of benzene rings is 1. The highest BCUT2D eigenvalue weighted by molar-refractivity contribution is 5.84. The molecule has 1 aliphatic carbocycles. The molecule has 0 aliphatic heterocycles. The molecule has 2 aromatic heterocycles. The van der Waals surface area contributed by atoms with Crippen molar-refractivity contribution in [1.82, 2.24) is 14.6 Å². The number of aromatic nitrogens is 3. The Hall–Kier alpha value is -2.83. The van der Waals surface area contributed by atoms with Gasteiger partial charge < -0.3 is 5.32 Å². The molecule has 7 heteroatoms. The fourth-order valence-corrected chi connectivity index (χ4v) is 2.73. The van der Waals surface area contributed by atoms with Crippen molar-refractivity contribution in [2.24, 2.45) is 5.92 Å². The highest BCUT2D eigenvalue weighted by Gasteiger charge is 2.24. The lowest BCUT2D eigenvalue weighted by Gasteiger charge is -2.10. The average molecular weight is 328 g/mol. The molecule has 0 bridgehead atoms. The maximum Gasteiger partial charge on any atom is 0.168 e. The second kappa shape index (κ2) is 5.67. The Balaban J connectivity index is 1.77. The van der Waals surface area contributed by atoms with E-state index in [0.717, 1.165) is 18.2 Å². The molecule has 1 aromatic carbocycles. The van der Waals surface area contributed by atoms with Crippen LogP contribution >= 0.6 is 0 Å². The lowest BCUT2D eigenvalue weighted by Crippen LogP contribution is -2.05. The molecular formula is C17H14F2N4O. The number of nitrogens with one attached hydrogen (secondary N) is 1. The molecule has 1 N–H and O–H groups in total. The van der Waals surface area contributed by atoms with Crippen LogP contribution in [0, 0.1) is 17.6 Å². The standard InChI is InChI=1S/C17H14F2N4O/c18-12-4-13(19)6-14(5-12)21-16-7-15(3-10-1-2-10)23-17(22-16)11(9-24)8-20-23/h4-10H,1-3H2,(H,21,22). The van der Waals surface area contributed by atoms with Gasteiger partial charge in [-0.1, -0.05) is 0 Å². The van der Waals surface area contributed by atoms with Gasteiger partial charge in [-0.05, 0) is 37.3 Å². The maximum absolute atomic E-state index is 13.4. The van der Waals surface area contributed by atoms with E-state index in [1.54, 1.807) is 10.6 Å². The molecule has 0 unspecified atom stereocenters. The van der Waals surface area contributed by atoms with E-state index < -0.39 is 11.6 Å². The first-order valence-electron chi connectivity index (χ1n) is 7.68. The lowest BCUT2D eigenvalue weighted by atomic mass is 10.2. The van der Waals surface area contributed by atoms with Gasteiger partial charge in [0.05, 0.1) is 11.8 Å². The van der Waals surface area contributed by atoms with Gasteiger partial charge in [-0.15, -0.1) is 0 Å². The van der Waals surface area contributed by atoms with Crippen molar-refractivity contribution in [2.75, 3.05) is 5.32 Å². The summed E-state index contributed by atoms with van der Waals surface area (Å²) in [5.41, 5.74) is 1.98. The fraction of sp³-hybridized carbons (Fsp3) is 0.235. The van der Waals surface area contributed by atoms with Crippen LogP contribution in [0.5, 0.6) is 0 Å². The van der Waals surface area contributed by atoms with Crippen molar-refractivity contribution in [1.29, 1.82) is 0 Å². The summed E-state index contributed by atoms with van der Waals surface area (Å²) in [6.07, 6.45) is 5.33. The Bertz CT molecular complexity index is 913. The Morgan fingerprint density at radius 1 is 1.21 bits per heavy atom. The molecule has 24 heavy (non-hydrogen) atoms. The Labute approximate surface area is 136 Å². The van der Waals surface area contributed by atoms with Gasteiger partial charge in [0.2, 0.25) is 0 Å². The summed E-state index contributed by atoms with van der Waals surface area (Å²) in [5.74, 6) is -0.310. The summed E-state index contributed by atoms with van der Waals surface area (Å²) >= 11 is 0. The molecular weight excluding hydrogens is 314 g/mol. The number of aldehydes is 1. The fourth-order valence-electron chi connectivity index (χ4n) is 2.73. The first-order valence-corrected chi connectivity index (χ1v) is 7.68. The molecule has 0 atom stereocenters. The first kappa shape index (κ1) is 14.7. The lowest BCUT2D eigenvalue weighted by molar-refractivity contribution is 0.112. The third kappa shape index (κ3) is 2.84. The molecule has 1 aliphatic rings. The summed E-state index contributed by atoms with van der Waals surface area (Å²) in [4.78, 5) is 15.5. The van der Waals surface area contributed by atoms with Crippen molar-refractivity contribution in [3.8, 4) is 0 Å². The third-order valence-electron chi connectivity index (χ3n) is 4.03. The van der Waals surface area contributed by atoms with E-state index in [1.165, 1.54) is 31.2 Å². The summed E-state index contributed by atoms with van der Waals surface area (Å²) in [6, 6.07) is 4.98. The molecule has 1 fully saturated rings. The molecule has 0 radical (unpaired) electrons. The minimum Gasteiger partial charge on any atom is -0.340 e. The first-order chi connectivity index (χ1) is 11.6. The van der Waals surface area contributed by atoms with Crippen LogP contribution in [0.1, 0.15) is 28.9 Å². The van der Waals surface area contributed by atoms with Crippen LogP contribution in [-0.4, -0.2) is 20.9 Å². The van der Waals surface area contributed by atoms with Gasteiger partial charge in [-0.25, -0.2) is 18.3 Å². The average Bonchev–Trinajstić information content (AvgIpc) is 3.23. The van der Waals surface area contributed by atoms with Crippen LogP contribution in [0.3, 0.4) is 0 Å². The van der Waals surface area contributed by atoms with E-state index in [4.69, 9.17) is 0 Å². The zero-order valence-electron chi connectivity index (χ0n) is 12.7. The highest BCUT2D eigenvalue weighted by atomic mass is 19.1. The minimum atomic E-state index is -0.672. The summed E-state index contributed by atoms with van der Waals surface area (Å²) < 4.78 is 28.4. The molecule has 5 nitrogen and oxygen atoms in total. The number of nitrogens with zero attached hydrogens (tertiary/aromatic N) is 3. The SMILES string of the molecule is O=Cc1cnn2c(CC3CC3)cc(Nc3cc(F)cc(F)c3)nc12. The molecule has 0 saturated heterocycles. The number of anilines is 2. The van der Waals surface area contributed by atoms with Crippen molar-refractivity contribution in [2.45, 2.75) is 19.3 Å². The third-order valence-corrected chi connectivity index (χ3v) is 4.03. The monoisotopic (exact) mass is 328 g/mol. The molecule has 1 saturated carbocycles. The Kier molecular flexibility index (Phi) is 3.48. The molecule has 4 rings (SSSR count). The van der Waals surface area contributed by atoms with E-state index in [0.29, 0.717) is 29.2 Å². The zero-order chi connectivity index (χ0) is 16.7. The highest BCUT2D eigenvalue weighted by Crippen LogP contribution is 2.33. The molecule has 2 heterocycles. The van der Waals surface area contributed by atoms with Gasteiger partial charge in [0.25, 0.3) is 0 Å². The molecule has 0 amide bonds.